The number of amides is 2. The molecule has 0 aromatic carbocycles. The lowest BCUT2D eigenvalue weighted by atomic mass is 10.1. The Morgan fingerprint density at radius 3 is 2.31 bits per heavy atom. The summed E-state index contributed by atoms with van der Waals surface area (Å²) < 4.78 is 0. The van der Waals surface area contributed by atoms with Crippen molar-refractivity contribution >= 4 is 11.8 Å². The number of rotatable bonds is 6. The number of hydrogen-bond donors (Lipinski definition) is 3. The van der Waals surface area contributed by atoms with Crippen LogP contribution in [0.2, 0.25) is 0 Å². The second kappa shape index (κ2) is 7.22. The Kier molecular flexibility index (Phi) is 6.72. The molecule has 0 bridgehead atoms. The van der Waals surface area contributed by atoms with E-state index in [1.165, 1.54) is 0 Å². The normalized spacial score (nSPS) is 11.0. The molecular formula is C11H22N2O3. The number of carbonyl (C=O) groups is 2. The van der Waals surface area contributed by atoms with Crippen LogP contribution in [0.3, 0.4) is 0 Å². The topological polar surface area (TPSA) is 78.4 Å². The summed E-state index contributed by atoms with van der Waals surface area (Å²) in [5.74, 6) is -1.34. The number of unbranched alkanes of at least 4 members (excludes halogenated alkanes) is 2. The van der Waals surface area contributed by atoms with E-state index in [4.69, 9.17) is 5.11 Å². The Bertz CT molecular complexity index is 239. The van der Waals surface area contributed by atoms with Crippen molar-refractivity contribution in [2.24, 2.45) is 0 Å². The Labute approximate surface area is 96.6 Å². The second-order valence-corrected chi connectivity index (χ2v) is 4.46. The first-order chi connectivity index (χ1) is 7.43. The van der Waals surface area contributed by atoms with E-state index in [1.54, 1.807) is 13.8 Å². The first kappa shape index (κ1) is 14.9. The molecule has 0 aromatic rings. The van der Waals surface area contributed by atoms with Crippen molar-refractivity contribution in [2.75, 3.05) is 13.2 Å². The van der Waals surface area contributed by atoms with Crippen LogP contribution in [0.5, 0.6) is 0 Å². The number of carbonyl (C=O) groups excluding carboxylic acids is 2. The van der Waals surface area contributed by atoms with E-state index in [-0.39, 0.29) is 6.61 Å². The standard InChI is InChI=1S/C11H22N2O3/c1-4-5-6-7-12-9(15)10(16)13-11(2,3)8-14/h14H,4-8H2,1-3H3,(H,12,15)(H,13,16). The number of nitrogens with one attached hydrogen (secondary N) is 2. The molecule has 0 aliphatic carbocycles. The summed E-state index contributed by atoms with van der Waals surface area (Å²) in [5, 5.41) is 13.9. The molecule has 0 unspecified atom stereocenters. The lowest BCUT2D eigenvalue weighted by molar-refractivity contribution is -0.140. The van der Waals surface area contributed by atoms with Crippen LogP contribution < -0.4 is 10.6 Å². The molecule has 16 heavy (non-hydrogen) atoms. The van der Waals surface area contributed by atoms with Gasteiger partial charge in [0, 0.05) is 6.54 Å². The molecule has 0 aliphatic heterocycles. The van der Waals surface area contributed by atoms with Gasteiger partial charge >= 0.3 is 11.8 Å². The van der Waals surface area contributed by atoms with Crippen LogP contribution in [0.1, 0.15) is 40.0 Å². The molecule has 0 spiro atoms. The number of hydrogen-bond acceptors (Lipinski definition) is 3. The van der Waals surface area contributed by atoms with Gasteiger partial charge in [-0.2, -0.15) is 0 Å². The highest BCUT2D eigenvalue weighted by molar-refractivity contribution is 6.35. The zero-order valence-corrected chi connectivity index (χ0v) is 10.3. The van der Waals surface area contributed by atoms with Crippen molar-refractivity contribution in [3.05, 3.63) is 0 Å². The molecule has 2 amide bonds. The molecule has 5 heteroatoms. The highest BCUT2D eigenvalue weighted by Crippen LogP contribution is 1.98. The maximum atomic E-state index is 11.3. The Hall–Kier alpha value is -1.10. The first-order valence-corrected chi connectivity index (χ1v) is 5.64. The summed E-state index contributed by atoms with van der Waals surface area (Å²) in [7, 11) is 0. The molecule has 0 saturated carbocycles. The van der Waals surface area contributed by atoms with Crippen LogP contribution in [0, 0.1) is 0 Å². The van der Waals surface area contributed by atoms with Gasteiger partial charge in [0.2, 0.25) is 0 Å². The average Bonchev–Trinajstić information content (AvgIpc) is 2.23. The van der Waals surface area contributed by atoms with Crippen LogP contribution >= 0.6 is 0 Å². The van der Waals surface area contributed by atoms with Gasteiger partial charge in [-0.15, -0.1) is 0 Å². The number of aliphatic hydroxyl groups excluding tert-OH is 1. The van der Waals surface area contributed by atoms with Crippen molar-refractivity contribution < 1.29 is 14.7 Å². The highest BCUT2D eigenvalue weighted by Gasteiger charge is 2.23. The molecule has 94 valence electrons. The molecule has 0 rings (SSSR count). The van der Waals surface area contributed by atoms with E-state index >= 15 is 0 Å². The third-order valence-electron chi connectivity index (χ3n) is 2.12. The van der Waals surface area contributed by atoms with Crippen molar-refractivity contribution in [1.29, 1.82) is 0 Å². The maximum absolute atomic E-state index is 11.3. The first-order valence-electron chi connectivity index (χ1n) is 5.64. The molecule has 0 fully saturated rings. The van der Waals surface area contributed by atoms with Gasteiger partial charge in [0.1, 0.15) is 0 Å². The molecule has 3 N–H and O–H groups in total. The second-order valence-electron chi connectivity index (χ2n) is 4.46. The predicted octanol–water partition coefficient (Wildman–Crippen LogP) is 0.180. The fourth-order valence-electron chi connectivity index (χ4n) is 1.06. The molecule has 0 aromatic heterocycles. The van der Waals surface area contributed by atoms with Crippen LogP contribution in [0.25, 0.3) is 0 Å². The minimum Gasteiger partial charge on any atom is -0.394 e. The van der Waals surface area contributed by atoms with Gasteiger partial charge in [-0.25, -0.2) is 0 Å². The molecule has 0 aliphatic rings. The largest absolute Gasteiger partial charge is 0.394 e. The minimum atomic E-state index is -0.766. The average molecular weight is 230 g/mol. The fraction of sp³-hybridized carbons (Fsp3) is 0.818. The summed E-state index contributed by atoms with van der Waals surface area (Å²) >= 11 is 0. The van der Waals surface area contributed by atoms with Crippen molar-refractivity contribution in [3.63, 3.8) is 0 Å². The van der Waals surface area contributed by atoms with Gasteiger partial charge in [-0.05, 0) is 20.3 Å². The predicted molar refractivity (Wildman–Crippen MR) is 61.8 cm³/mol. The lowest BCUT2D eigenvalue weighted by Crippen LogP contribution is -2.51. The van der Waals surface area contributed by atoms with Gasteiger partial charge in [-0.1, -0.05) is 19.8 Å². The minimum absolute atomic E-state index is 0.206. The van der Waals surface area contributed by atoms with E-state index < -0.39 is 17.4 Å². The van der Waals surface area contributed by atoms with Crippen LogP contribution in [0.4, 0.5) is 0 Å². The summed E-state index contributed by atoms with van der Waals surface area (Å²) in [6.07, 6.45) is 2.97. The van der Waals surface area contributed by atoms with Crippen LogP contribution in [0.15, 0.2) is 0 Å². The monoisotopic (exact) mass is 230 g/mol. The van der Waals surface area contributed by atoms with Crippen molar-refractivity contribution in [3.8, 4) is 0 Å². The van der Waals surface area contributed by atoms with E-state index in [2.05, 4.69) is 17.6 Å². The zero-order valence-electron chi connectivity index (χ0n) is 10.3. The molecular weight excluding hydrogens is 208 g/mol. The smallest absolute Gasteiger partial charge is 0.309 e. The Balaban J connectivity index is 3.87. The van der Waals surface area contributed by atoms with Gasteiger partial charge in [0.25, 0.3) is 0 Å². The SMILES string of the molecule is CCCCCNC(=O)C(=O)NC(C)(C)CO. The third kappa shape index (κ3) is 6.40. The van der Waals surface area contributed by atoms with Crippen molar-refractivity contribution in [1.82, 2.24) is 10.6 Å². The zero-order chi connectivity index (χ0) is 12.6. The van der Waals surface area contributed by atoms with E-state index in [9.17, 15) is 9.59 Å². The summed E-state index contributed by atoms with van der Waals surface area (Å²) in [5.41, 5.74) is -0.766. The van der Waals surface area contributed by atoms with Crippen molar-refractivity contribution in [2.45, 2.75) is 45.6 Å². The molecule has 0 radical (unpaired) electrons. The van der Waals surface area contributed by atoms with Crippen LogP contribution in [-0.4, -0.2) is 35.6 Å². The lowest BCUT2D eigenvalue weighted by Gasteiger charge is -2.22. The Morgan fingerprint density at radius 1 is 1.19 bits per heavy atom. The van der Waals surface area contributed by atoms with E-state index in [0.717, 1.165) is 19.3 Å². The molecule has 5 nitrogen and oxygen atoms in total. The quantitative estimate of drug-likeness (QED) is 0.450. The van der Waals surface area contributed by atoms with E-state index in [0.29, 0.717) is 6.54 Å². The van der Waals surface area contributed by atoms with Gasteiger partial charge in [0.05, 0.1) is 12.1 Å². The summed E-state index contributed by atoms with van der Waals surface area (Å²) in [6, 6.07) is 0. The van der Waals surface area contributed by atoms with E-state index in [1.807, 2.05) is 0 Å². The van der Waals surface area contributed by atoms with Crippen LogP contribution in [-0.2, 0) is 9.59 Å². The fourth-order valence-corrected chi connectivity index (χ4v) is 1.06. The molecule has 0 heterocycles. The maximum Gasteiger partial charge on any atom is 0.309 e. The third-order valence-corrected chi connectivity index (χ3v) is 2.12. The Morgan fingerprint density at radius 2 is 1.81 bits per heavy atom. The van der Waals surface area contributed by atoms with Gasteiger partial charge in [0.15, 0.2) is 0 Å². The molecule has 0 saturated heterocycles. The molecule has 0 atom stereocenters. The number of aliphatic hydroxyl groups is 1. The van der Waals surface area contributed by atoms with Gasteiger partial charge in [-0.3, -0.25) is 9.59 Å². The van der Waals surface area contributed by atoms with Gasteiger partial charge < -0.3 is 15.7 Å². The summed E-state index contributed by atoms with van der Waals surface area (Å²) in [6.45, 7) is 5.67. The summed E-state index contributed by atoms with van der Waals surface area (Å²) in [4.78, 5) is 22.6. The highest BCUT2D eigenvalue weighted by atomic mass is 16.3.